The predicted molar refractivity (Wildman–Crippen MR) is 106 cm³/mol. The van der Waals surface area contributed by atoms with E-state index in [1.807, 2.05) is 0 Å². The number of anilines is 1. The van der Waals surface area contributed by atoms with Crippen LogP contribution in [0.15, 0.2) is 89.8 Å². The van der Waals surface area contributed by atoms with E-state index in [1.165, 1.54) is 48.5 Å². The van der Waals surface area contributed by atoms with Crippen LogP contribution in [0, 0.1) is 10.1 Å². The minimum Gasteiger partial charge on any atom is -0.477 e. The number of carbonyl (C=O) groups excluding carboxylic acids is 1. The fourth-order valence-electron chi connectivity index (χ4n) is 2.61. The minimum atomic E-state index is -4.21. The molecule has 0 unspecified atom stereocenters. The lowest BCUT2D eigenvalue weighted by Gasteiger charge is -2.22. The molecule has 0 fully saturated rings. The molecule has 0 bridgehead atoms. The first-order valence-corrected chi connectivity index (χ1v) is 9.90. The smallest absolute Gasteiger partial charge is 0.310 e. The summed E-state index contributed by atoms with van der Waals surface area (Å²) in [7, 11) is -4.21. The quantitative estimate of drug-likeness (QED) is 0.435. The molecule has 29 heavy (non-hydrogen) atoms. The zero-order valence-electron chi connectivity index (χ0n) is 15.0. The number of ether oxygens (including phenoxy) is 1. The van der Waals surface area contributed by atoms with Crippen LogP contribution in [0.2, 0.25) is 0 Å². The van der Waals surface area contributed by atoms with E-state index in [1.54, 1.807) is 36.4 Å². The molecule has 0 saturated heterocycles. The number of hydrogen-bond acceptors (Lipinski definition) is 6. The SMILES string of the molecule is O=C(COc1ccccc1[N+](=O)[O-])N(c1ccccc1)S(=O)(=O)c1ccccc1. The summed E-state index contributed by atoms with van der Waals surface area (Å²) in [5, 5.41) is 11.1. The Hall–Kier alpha value is -3.72. The number of para-hydroxylation sites is 3. The molecule has 148 valence electrons. The second-order valence-corrected chi connectivity index (χ2v) is 7.61. The van der Waals surface area contributed by atoms with E-state index in [0.717, 1.165) is 0 Å². The molecule has 0 saturated carbocycles. The van der Waals surface area contributed by atoms with Gasteiger partial charge in [0.25, 0.3) is 15.9 Å². The van der Waals surface area contributed by atoms with Crippen LogP contribution in [-0.4, -0.2) is 25.9 Å². The molecule has 0 aromatic heterocycles. The van der Waals surface area contributed by atoms with Crippen LogP contribution in [0.3, 0.4) is 0 Å². The molecule has 9 heteroatoms. The predicted octanol–water partition coefficient (Wildman–Crippen LogP) is 3.40. The fourth-order valence-corrected chi connectivity index (χ4v) is 4.04. The van der Waals surface area contributed by atoms with E-state index < -0.39 is 27.5 Å². The lowest BCUT2D eigenvalue weighted by molar-refractivity contribution is -0.385. The van der Waals surface area contributed by atoms with Crippen LogP contribution in [0.25, 0.3) is 0 Å². The number of benzene rings is 3. The molecular weight excluding hydrogens is 396 g/mol. The topological polar surface area (TPSA) is 107 Å². The number of nitro benzene ring substituents is 1. The van der Waals surface area contributed by atoms with Crippen LogP contribution >= 0.6 is 0 Å². The van der Waals surface area contributed by atoms with Crippen molar-refractivity contribution < 1.29 is 22.9 Å². The van der Waals surface area contributed by atoms with E-state index >= 15 is 0 Å². The van der Waals surface area contributed by atoms with Gasteiger partial charge in [0.15, 0.2) is 12.4 Å². The number of hydrogen-bond donors (Lipinski definition) is 0. The van der Waals surface area contributed by atoms with E-state index in [2.05, 4.69) is 0 Å². The van der Waals surface area contributed by atoms with E-state index in [9.17, 15) is 23.3 Å². The monoisotopic (exact) mass is 412 g/mol. The lowest BCUT2D eigenvalue weighted by Crippen LogP contribution is -2.40. The van der Waals surface area contributed by atoms with Crippen molar-refractivity contribution in [2.45, 2.75) is 4.90 Å². The molecule has 0 aliphatic heterocycles. The summed E-state index contributed by atoms with van der Waals surface area (Å²) >= 11 is 0. The van der Waals surface area contributed by atoms with Crippen molar-refractivity contribution in [2.75, 3.05) is 10.9 Å². The minimum absolute atomic E-state index is 0.0668. The summed E-state index contributed by atoms with van der Waals surface area (Å²) in [6.07, 6.45) is 0. The molecule has 0 aliphatic carbocycles. The number of nitro groups is 1. The molecule has 0 N–H and O–H groups in total. The molecule has 3 aromatic rings. The molecule has 3 rings (SSSR count). The summed E-state index contributed by atoms with van der Waals surface area (Å²) in [6.45, 7) is -0.703. The van der Waals surface area contributed by atoms with Crippen LogP contribution in [-0.2, 0) is 14.8 Å². The average molecular weight is 412 g/mol. The Bertz CT molecular complexity index is 1120. The maximum absolute atomic E-state index is 13.1. The van der Waals surface area contributed by atoms with Gasteiger partial charge in [-0.2, -0.15) is 4.31 Å². The number of sulfonamides is 1. The van der Waals surface area contributed by atoms with Gasteiger partial charge in [-0.1, -0.05) is 48.5 Å². The van der Waals surface area contributed by atoms with Gasteiger partial charge in [-0.05, 0) is 30.3 Å². The Labute approximate surface area is 167 Å². The van der Waals surface area contributed by atoms with Crippen molar-refractivity contribution in [1.82, 2.24) is 0 Å². The molecule has 0 aliphatic rings. The van der Waals surface area contributed by atoms with Gasteiger partial charge in [-0.15, -0.1) is 0 Å². The fraction of sp³-hybridized carbons (Fsp3) is 0.0500. The molecule has 1 amide bonds. The van der Waals surface area contributed by atoms with E-state index in [4.69, 9.17) is 4.74 Å². The molecule has 0 radical (unpaired) electrons. The normalized spacial score (nSPS) is 10.9. The van der Waals surface area contributed by atoms with Gasteiger partial charge in [0.05, 0.1) is 15.5 Å². The first-order chi connectivity index (χ1) is 13.9. The first kappa shape index (κ1) is 20.0. The highest BCUT2D eigenvalue weighted by Gasteiger charge is 2.31. The van der Waals surface area contributed by atoms with Crippen LogP contribution in [0.1, 0.15) is 0 Å². The Kier molecular flexibility index (Phi) is 5.89. The first-order valence-electron chi connectivity index (χ1n) is 8.46. The van der Waals surface area contributed by atoms with Gasteiger partial charge in [0, 0.05) is 6.07 Å². The zero-order chi connectivity index (χ0) is 20.9. The Morgan fingerprint density at radius 2 is 1.45 bits per heavy atom. The largest absolute Gasteiger partial charge is 0.477 e. The molecule has 3 aromatic carbocycles. The zero-order valence-corrected chi connectivity index (χ0v) is 15.9. The number of nitrogens with zero attached hydrogens (tertiary/aromatic N) is 2. The maximum atomic E-state index is 13.1. The Morgan fingerprint density at radius 1 is 0.897 bits per heavy atom. The van der Waals surface area contributed by atoms with Gasteiger partial charge in [-0.3, -0.25) is 14.9 Å². The van der Waals surface area contributed by atoms with Crippen LogP contribution in [0.5, 0.6) is 5.75 Å². The van der Waals surface area contributed by atoms with Crippen molar-refractivity contribution in [3.63, 3.8) is 0 Å². The van der Waals surface area contributed by atoms with Crippen molar-refractivity contribution in [3.05, 3.63) is 95.0 Å². The molecule has 0 heterocycles. The van der Waals surface area contributed by atoms with Crippen molar-refractivity contribution in [3.8, 4) is 5.75 Å². The summed E-state index contributed by atoms with van der Waals surface area (Å²) in [4.78, 5) is 23.3. The standard InChI is InChI=1S/C20H16N2O6S/c23-20(15-28-19-14-8-7-13-18(19)22(24)25)21(16-9-3-1-4-10-16)29(26,27)17-11-5-2-6-12-17/h1-14H,15H2. The van der Waals surface area contributed by atoms with Crippen LogP contribution in [0.4, 0.5) is 11.4 Å². The maximum Gasteiger partial charge on any atom is 0.310 e. The number of carbonyl (C=O) groups is 1. The van der Waals surface area contributed by atoms with Gasteiger partial charge >= 0.3 is 5.69 Å². The summed E-state index contributed by atoms with van der Waals surface area (Å²) in [5.74, 6) is -1.02. The molecule has 0 atom stereocenters. The van der Waals surface area contributed by atoms with Crippen LogP contribution < -0.4 is 9.04 Å². The third-order valence-corrected chi connectivity index (χ3v) is 5.67. The molecule has 0 spiro atoms. The second kappa shape index (κ2) is 8.53. The van der Waals surface area contributed by atoms with Gasteiger partial charge < -0.3 is 4.74 Å². The lowest BCUT2D eigenvalue weighted by atomic mass is 10.3. The summed E-state index contributed by atoms with van der Waals surface area (Å²) in [6, 6.07) is 20.9. The highest BCUT2D eigenvalue weighted by Crippen LogP contribution is 2.27. The number of rotatable bonds is 7. The number of amides is 1. The van der Waals surface area contributed by atoms with Gasteiger partial charge in [-0.25, -0.2) is 8.42 Å². The Balaban J connectivity index is 1.94. The van der Waals surface area contributed by atoms with Gasteiger partial charge in [0.2, 0.25) is 0 Å². The summed E-state index contributed by atoms with van der Waals surface area (Å²) in [5.41, 5.74) is -0.190. The summed E-state index contributed by atoms with van der Waals surface area (Å²) < 4.78 is 32.1. The van der Waals surface area contributed by atoms with Crippen molar-refractivity contribution >= 4 is 27.3 Å². The van der Waals surface area contributed by atoms with Crippen molar-refractivity contribution in [1.29, 1.82) is 0 Å². The van der Waals surface area contributed by atoms with Crippen molar-refractivity contribution in [2.24, 2.45) is 0 Å². The highest BCUT2D eigenvalue weighted by molar-refractivity contribution is 7.93. The highest BCUT2D eigenvalue weighted by atomic mass is 32.2. The average Bonchev–Trinajstić information content (AvgIpc) is 2.74. The van der Waals surface area contributed by atoms with E-state index in [0.29, 0.717) is 4.31 Å². The third kappa shape index (κ3) is 4.41. The second-order valence-electron chi connectivity index (χ2n) is 5.83. The third-order valence-electron chi connectivity index (χ3n) is 3.91. The molecular formula is C20H16N2O6S. The Morgan fingerprint density at radius 3 is 2.07 bits per heavy atom. The molecule has 8 nitrogen and oxygen atoms in total. The van der Waals surface area contributed by atoms with E-state index in [-0.39, 0.29) is 22.0 Å². The van der Waals surface area contributed by atoms with Gasteiger partial charge in [0.1, 0.15) is 0 Å².